The highest BCUT2D eigenvalue weighted by Gasteiger charge is 2.22. The third-order valence-electron chi connectivity index (χ3n) is 3.52. The van der Waals surface area contributed by atoms with Gasteiger partial charge in [-0.25, -0.2) is 0 Å². The van der Waals surface area contributed by atoms with Gasteiger partial charge in [-0.15, -0.1) is 0 Å². The summed E-state index contributed by atoms with van der Waals surface area (Å²) in [7, 11) is 0. The van der Waals surface area contributed by atoms with Crippen LogP contribution in [-0.2, 0) is 4.79 Å². The minimum absolute atomic E-state index is 0.0295. The number of aryl methyl sites for hydroxylation is 1. The maximum absolute atomic E-state index is 12.0. The Morgan fingerprint density at radius 1 is 1.38 bits per heavy atom. The lowest BCUT2D eigenvalue weighted by atomic mass is 10.00. The maximum Gasteiger partial charge on any atom is 0.234 e. The van der Waals surface area contributed by atoms with E-state index in [9.17, 15) is 4.79 Å². The SMILES string of the molecule is Cc1cccc2c1OCCCC2NCC(=O)NC(C)(C)C. The number of hydrogen-bond acceptors (Lipinski definition) is 3. The summed E-state index contributed by atoms with van der Waals surface area (Å²) in [6.07, 6.45) is 1.98. The molecule has 1 aliphatic heterocycles. The average molecular weight is 290 g/mol. The summed E-state index contributed by atoms with van der Waals surface area (Å²) in [6, 6.07) is 6.38. The Morgan fingerprint density at radius 2 is 2.14 bits per heavy atom. The Kier molecular flexibility index (Phi) is 4.88. The molecule has 0 bridgehead atoms. The van der Waals surface area contributed by atoms with Crippen molar-refractivity contribution in [3.63, 3.8) is 0 Å². The van der Waals surface area contributed by atoms with Gasteiger partial charge in [-0.3, -0.25) is 4.79 Å². The van der Waals surface area contributed by atoms with Gasteiger partial charge in [0.15, 0.2) is 0 Å². The molecular weight excluding hydrogens is 264 g/mol. The van der Waals surface area contributed by atoms with Crippen molar-refractivity contribution in [1.29, 1.82) is 0 Å². The van der Waals surface area contributed by atoms with Gasteiger partial charge in [0.25, 0.3) is 0 Å². The van der Waals surface area contributed by atoms with E-state index in [4.69, 9.17) is 4.74 Å². The number of amides is 1. The first-order chi connectivity index (χ1) is 9.87. The third-order valence-corrected chi connectivity index (χ3v) is 3.52. The topological polar surface area (TPSA) is 50.4 Å². The summed E-state index contributed by atoms with van der Waals surface area (Å²) in [5.41, 5.74) is 2.12. The summed E-state index contributed by atoms with van der Waals surface area (Å²) < 4.78 is 5.86. The molecule has 21 heavy (non-hydrogen) atoms. The quantitative estimate of drug-likeness (QED) is 0.900. The van der Waals surface area contributed by atoms with E-state index in [1.54, 1.807) is 0 Å². The highest BCUT2D eigenvalue weighted by Crippen LogP contribution is 2.33. The summed E-state index contributed by atoms with van der Waals surface area (Å²) in [5, 5.41) is 6.35. The number of para-hydroxylation sites is 1. The van der Waals surface area contributed by atoms with Crippen molar-refractivity contribution in [3.8, 4) is 5.75 Å². The number of carbonyl (C=O) groups is 1. The zero-order valence-corrected chi connectivity index (χ0v) is 13.5. The smallest absolute Gasteiger partial charge is 0.234 e. The molecule has 0 fully saturated rings. The van der Waals surface area contributed by atoms with Crippen LogP contribution in [0.2, 0.25) is 0 Å². The molecule has 1 heterocycles. The Bertz CT molecular complexity index is 506. The Hall–Kier alpha value is -1.55. The largest absolute Gasteiger partial charge is 0.493 e. The van der Waals surface area contributed by atoms with Crippen LogP contribution in [0.25, 0.3) is 0 Å². The zero-order valence-electron chi connectivity index (χ0n) is 13.5. The number of fused-ring (bicyclic) bond motifs is 1. The van der Waals surface area contributed by atoms with E-state index in [0.29, 0.717) is 6.54 Å². The Labute approximate surface area is 127 Å². The van der Waals surface area contributed by atoms with Crippen LogP contribution in [0.4, 0.5) is 0 Å². The van der Waals surface area contributed by atoms with Gasteiger partial charge in [0.2, 0.25) is 5.91 Å². The van der Waals surface area contributed by atoms with Crippen molar-refractivity contribution in [2.45, 2.75) is 52.1 Å². The zero-order chi connectivity index (χ0) is 15.5. The van der Waals surface area contributed by atoms with Gasteiger partial charge in [-0.1, -0.05) is 18.2 Å². The predicted molar refractivity (Wildman–Crippen MR) is 84.5 cm³/mol. The number of rotatable bonds is 3. The number of carbonyl (C=O) groups excluding carboxylic acids is 1. The van der Waals surface area contributed by atoms with Crippen LogP contribution >= 0.6 is 0 Å². The van der Waals surface area contributed by atoms with Gasteiger partial charge >= 0.3 is 0 Å². The fourth-order valence-electron chi connectivity index (χ4n) is 2.65. The monoisotopic (exact) mass is 290 g/mol. The van der Waals surface area contributed by atoms with Gasteiger partial charge in [-0.2, -0.15) is 0 Å². The van der Waals surface area contributed by atoms with Crippen molar-refractivity contribution in [2.75, 3.05) is 13.2 Å². The molecule has 2 N–H and O–H groups in total. The number of nitrogens with one attached hydrogen (secondary N) is 2. The van der Waals surface area contributed by atoms with Crippen LogP contribution in [0.1, 0.15) is 50.8 Å². The van der Waals surface area contributed by atoms with E-state index in [-0.39, 0.29) is 17.5 Å². The average Bonchev–Trinajstić information content (AvgIpc) is 2.58. The van der Waals surface area contributed by atoms with E-state index in [2.05, 4.69) is 29.7 Å². The van der Waals surface area contributed by atoms with Crippen molar-refractivity contribution in [2.24, 2.45) is 0 Å². The molecule has 1 aromatic carbocycles. The Balaban J connectivity index is 2.04. The minimum Gasteiger partial charge on any atom is -0.493 e. The molecule has 1 aliphatic rings. The van der Waals surface area contributed by atoms with Crippen LogP contribution in [0.5, 0.6) is 5.75 Å². The third kappa shape index (κ3) is 4.46. The van der Waals surface area contributed by atoms with E-state index in [1.807, 2.05) is 26.8 Å². The van der Waals surface area contributed by atoms with Gasteiger partial charge in [0.05, 0.1) is 13.2 Å². The van der Waals surface area contributed by atoms with Crippen molar-refractivity contribution in [3.05, 3.63) is 29.3 Å². The fourth-order valence-corrected chi connectivity index (χ4v) is 2.65. The van der Waals surface area contributed by atoms with Crippen LogP contribution in [0.15, 0.2) is 18.2 Å². The molecule has 1 unspecified atom stereocenters. The lowest BCUT2D eigenvalue weighted by molar-refractivity contribution is -0.121. The molecule has 4 nitrogen and oxygen atoms in total. The van der Waals surface area contributed by atoms with E-state index < -0.39 is 0 Å². The first-order valence-corrected chi connectivity index (χ1v) is 7.63. The second kappa shape index (κ2) is 6.48. The second-order valence-corrected chi connectivity index (χ2v) is 6.72. The molecule has 4 heteroatoms. The highest BCUT2D eigenvalue weighted by atomic mass is 16.5. The van der Waals surface area contributed by atoms with E-state index >= 15 is 0 Å². The lowest BCUT2D eigenvalue weighted by Gasteiger charge is -2.23. The van der Waals surface area contributed by atoms with Gasteiger partial charge < -0.3 is 15.4 Å². The number of ether oxygens (including phenoxy) is 1. The lowest BCUT2D eigenvalue weighted by Crippen LogP contribution is -2.45. The van der Waals surface area contributed by atoms with Gasteiger partial charge in [0, 0.05) is 17.1 Å². The Morgan fingerprint density at radius 3 is 2.86 bits per heavy atom. The molecule has 1 atom stereocenters. The molecule has 1 amide bonds. The highest BCUT2D eigenvalue weighted by molar-refractivity contribution is 5.78. The molecule has 0 saturated heterocycles. The van der Waals surface area contributed by atoms with Gasteiger partial charge in [0.1, 0.15) is 5.75 Å². The normalized spacial score (nSPS) is 18.4. The van der Waals surface area contributed by atoms with E-state index in [1.165, 1.54) is 0 Å². The van der Waals surface area contributed by atoms with Crippen LogP contribution in [0, 0.1) is 6.92 Å². The van der Waals surface area contributed by atoms with Crippen LogP contribution in [-0.4, -0.2) is 24.6 Å². The first-order valence-electron chi connectivity index (χ1n) is 7.63. The molecule has 0 saturated carbocycles. The second-order valence-electron chi connectivity index (χ2n) is 6.72. The standard InChI is InChI=1S/C17H26N2O2/c1-12-7-5-8-13-14(9-6-10-21-16(12)13)18-11-15(20)19-17(2,3)4/h5,7-8,14,18H,6,9-11H2,1-4H3,(H,19,20). The van der Waals surface area contributed by atoms with Crippen LogP contribution < -0.4 is 15.4 Å². The van der Waals surface area contributed by atoms with Crippen LogP contribution in [0.3, 0.4) is 0 Å². The van der Waals surface area contributed by atoms with Crippen molar-refractivity contribution >= 4 is 5.91 Å². The summed E-state index contributed by atoms with van der Waals surface area (Å²) in [4.78, 5) is 12.0. The number of benzene rings is 1. The van der Waals surface area contributed by atoms with Crippen molar-refractivity contribution in [1.82, 2.24) is 10.6 Å². The number of hydrogen-bond donors (Lipinski definition) is 2. The molecule has 2 rings (SSSR count). The first kappa shape index (κ1) is 15.8. The van der Waals surface area contributed by atoms with Crippen molar-refractivity contribution < 1.29 is 9.53 Å². The molecule has 0 aliphatic carbocycles. The molecular formula is C17H26N2O2. The van der Waals surface area contributed by atoms with E-state index in [0.717, 1.165) is 36.3 Å². The van der Waals surface area contributed by atoms with Gasteiger partial charge in [-0.05, 0) is 46.1 Å². The molecule has 0 radical (unpaired) electrons. The molecule has 0 aromatic heterocycles. The fraction of sp³-hybridized carbons (Fsp3) is 0.588. The molecule has 0 spiro atoms. The summed E-state index contributed by atoms with van der Waals surface area (Å²) in [5.74, 6) is 1.01. The summed E-state index contributed by atoms with van der Waals surface area (Å²) in [6.45, 7) is 9.10. The minimum atomic E-state index is -0.195. The summed E-state index contributed by atoms with van der Waals surface area (Å²) >= 11 is 0. The maximum atomic E-state index is 12.0. The predicted octanol–water partition coefficient (Wildman–Crippen LogP) is 2.71. The molecule has 1 aromatic rings. The molecule has 116 valence electrons.